The van der Waals surface area contributed by atoms with E-state index in [4.69, 9.17) is 0 Å². The molecule has 0 saturated carbocycles. The predicted molar refractivity (Wildman–Crippen MR) is 153 cm³/mol. The van der Waals surface area contributed by atoms with Gasteiger partial charge in [-0.3, -0.25) is 9.59 Å². The minimum absolute atomic E-state index is 0.0568. The molecule has 2 aromatic heterocycles. The molecule has 0 unspecified atom stereocenters. The first-order valence-corrected chi connectivity index (χ1v) is 14.1. The van der Waals surface area contributed by atoms with E-state index in [1.54, 1.807) is 12.1 Å². The molecule has 2 amide bonds. The highest BCUT2D eigenvalue weighted by Gasteiger charge is 2.26. The van der Waals surface area contributed by atoms with E-state index in [1.807, 2.05) is 79.2 Å². The summed E-state index contributed by atoms with van der Waals surface area (Å²) in [6.45, 7) is 10.3. The van der Waals surface area contributed by atoms with Gasteiger partial charge in [-0.15, -0.1) is 28.1 Å². The van der Waals surface area contributed by atoms with Gasteiger partial charge in [-0.25, -0.2) is 4.98 Å². The van der Waals surface area contributed by atoms with Gasteiger partial charge in [-0.05, 0) is 25.0 Å². The number of nitrogens with zero attached hydrogens (tertiary/aromatic N) is 4. The largest absolute Gasteiger partial charge is 0.342 e. The Morgan fingerprint density at radius 1 is 1.13 bits per heavy atom. The number of hydrogen-bond donors (Lipinski definition) is 2. The summed E-state index contributed by atoms with van der Waals surface area (Å²) in [6.07, 6.45) is 1.75. The van der Waals surface area contributed by atoms with Gasteiger partial charge in [0.15, 0.2) is 16.1 Å². The van der Waals surface area contributed by atoms with E-state index in [0.29, 0.717) is 28.2 Å². The van der Waals surface area contributed by atoms with Crippen molar-refractivity contribution in [2.24, 2.45) is 5.92 Å². The van der Waals surface area contributed by atoms with Gasteiger partial charge >= 0.3 is 0 Å². The van der Waals surface area contributed by atoms with Gasteiger partial charge in [-0.1, -0.05) is 79.7 Å². The summed E-state index contributed by atoms with van der Waals surface area (Å²) in [5.74, 6) is 0.453. The molecule has 2 N–H and O–H groups in total. The molecule has 2 aromatic carbocycles. The lowest BCUT2D eigenvalue weighted by Gasteiger charge is -2.22. The summed E-state index contributed by atoms with van der Waals surface area (Å²) in [5, 5.41) is 17.8. The molecule has 38 heavy (non-hydrogen) atoms. The number of nitrogens with one attached hydrogen (secondary N) is 2. The number of thiazole rings is 1. The van der Waals surface area contributed by atoms with Crippen LogP contribution in [0.3, 0.4) is 0 Å². The van der Waals surface area contributed by atoms with Gasteiger partial charge < -0.3 is 15.2 Å². The van der Waals surface area contributed by atoms with Crippen molar-refractivity contribution in [3.05, 3.63) is 89.6 Å². The molecule has 0 aliphatic rings. The Morgan fingerprint density at radius 2 is 1.92 bits per heavy atom. The third kappa shape index (κ3) is 6.76. The first-order chi connectivity index (χ1) is 18.4. The van der Waals surface area contributed by atoms with Crippen LogP contribution in [0.25, 0.3) is 11.3 Å². The second-order valence-corrected chi connectivity index (χ2v) is 10.8. The second-order valence-electron chi connectivity index (χ2n) is 9.05. The Kier molecular flexibility index (Phi) is 9.09. The maximum absolute atomic E-state index is 13.0. The Morgan fingerprint density at radius 3 is 2.63 bits per heavy atom. The number of carbonyl (C=O) groups excluding carboxylic acids is 2. The normalized spacial score (nSPS) is 11.8. The van der Waals surface area contributed by atoms with Crippen LogP contribution in [0.5, 0.6) is 0 Å². The molecule has 0 spiro atoms. The molecule has 2 heterocycles. The fourth-order valence-electron chi connectivity index (χ4n) is 3.84. The van der Waals surface area contributed by atoms with E-state index in [-0.39, 0.29) is 29.5 Å². The standard InChI is InChI=1S/C28H30N6O2S2/c1-5-14-34-25(24(18(2)3)31-26(36)21-13-9-10-19(4)15-21)32-33-28(34)38-17-23(35)30-27-29-22(16-37-27)20-11-7-6-8-12-20/h5-13,15-16,18,24H,1,14,17H2,2-4H3,(H,31,36)(H,29,30,35)/t24-/m1/s1. The number of carbonyl (C=O) groups is 2. The summed E-state index contributed by atoms with van der Waals surface area (Å²) < 4.78 is 1.89. The van der Waals surface area contributed by atoms with Gasteiger partial charge in [0.25, 0.3) is 5.91 Å². The van der Waals surface area contributed by atoms with E-state index >= 15 is 0 Å². The molecule has 10 heteroatoms. The number of aromatic nitrogens is 4. The van der Waals surface area contributed by atoms with Crippen LogP contribution in [0, 0.1) is 12.8 Å². The lowest BCUT2D eigenvalue weighted by molar-refractivity contribution is -0.113. The monoisotopic (exact) mass is 546 g/mol. The molecule has 4 rings (SSSR count). The molecule has 0 radical (unpaired) electrons. The molecule has 0 fully saturated rings. The zero-order chi connectivity index (χ0) is 27.1. The van der Waals surface area contributed by atoms with E-state index < -0.39 is 0 Å². The highest BCUT2D eigenvalue weighted by molar-refractivity contribution is 7.99. The number of aryl methyl sites for hydroxylation is 1. The highest BCUT2D eigenvalue weighted by Crippen LogP contribution is 2.27. The van der Waals surface area contributed by atoms with Crippen molar-refractivity contribution in [1.82, 2.24) is 25.1 Å². The van der Waals surface area contributed by atoms with Crippen molar-refractivity contribution < 1.29 is 9.59 Å². The SMILES string of the molecule is C=CCn1c(SCC(=O)Nc2nc(-c3ccccc3)cs2)nnc1[C@H](NC(=O)c1cccc(C)c1)C(C)C. The van der Waals surface area contributed by atoms with Gasteiger partial charge in [0.05, 0.1) is 17.5 Å². The van der Waals surface area contributed by atoms with E-state index in [9.17, 15) is 9.59 Å². The zero-order valence-corrected chi connectivity index (χ0v) is 23.2. The Labute approximate surface area is 230 Å². The van der Waals surface area contributed by atoms with Crippen molar-refractivity contribution in [2.75, 3.05) is 11.1 Å². The van der Waals surface area contributed by atoms with Crippen LogP contribution in [0.4, 0.5) is 5.13 Å². The Hall–Kier alpha value is -3.76. The van der Waals surface area contributed by atoms with Crippen LogP contribution >= 0.6 is 23.1 Å². The molecule has 0 bridgehead atoms. The first kappa shape index (κ1) is 27.3. The fourth-order valence-corrected chi connectivity index (χ4v) is 5.33. The first-order valence-electron chi connectivity index (χ1n) is 12.2. The van der Waals surface area contributed by atoms with Crippen LogP contribution < -0.4 is 10.6 Å². The van der Waals surface area contributed by atoms with E-state index in [1.165, 1.54) is 23.1 Å². The van der Waals surface area contributed by atoms with Crippen molar-refractivity contribution >= 4 is 40.0 Å². The minimum Gasteiger partial charge on any atom is -0.342 e. The molecular weight excluding hydrogens is 516 g/mol. The number of amides is 2. The maximum Gasteiger partial charge on any atom is 0.251 e. The summed E-state index contributed by atoms with van der Waals surface area (Å²) >= 11 is 2.66. The van der Waals surface area contributed by atoms with Crippen molar-refractivity contribution in [3.63, 3.8) is 0 Å². The fraction of sp³-hybridized carbons (Fsp3) is 0.250. The third-order valence-electron chi connectivity index (χ3n) is 5.72. The number of hydrogen-bond acceptors (Lipinski definition) is 7. The molecule has 196 valence electrons. The number of rotatable bonds is 11. The average molecular weight is 547 g/mol. The zero-order valence-electron chi connectivity index (χ0n) is 21.5. The quantitative estimate of drug-likeness (QED) is 0.183. The molecule has 0 aliphatic carbocycles. The number of thioether (sulfide) groups is 1. The molecular formula is C28H30N6O2S2. The molecule has 4 aromatic rings. The molecule has 1 atom stereocenters. The van der Waals surface area contributed by atoms with Crippen LogP contribution in [-0.4, -0.2) is 37.3 Å². The number of allylic oxidation sites excluding steroid dienone is 1. The third-order valence-corrected chi connectivity index (χ3v) is 7.45. The summed E-state index contributed by atoms with van der Waals surface area (Å²) in [5.41, 5.74) is 3.42. The smallest absolute Gasteiger partial charge is 0.251 e. The van der Waals surface area contributed by atoms with Crippen molar-refractivity contribution in [2.45, 2.75) is 38.5 Å². The predicted octanol–water partition coefficient (Wildman–Crippen LogP) is 5.75. The van der Waals surface area contributed by atoms with Crippen LogP contribution in [0.15, 0.2) is 77.8 Å². The number of benzene rings is 2. The van der Waals surface area contributed by atoms with E-state index in [2.05, 4.69) is 32.4 Å². The second kappa shape index (κ2) is 12.7. The molecule has 0 aliphatic heterocycles. The van der Waals surface area contributed by atoms with Gasteiger partial charge in [0.1, 0.15) is 0 Å². The molecule has 8 nitrogen and oxygen atoms in total. The van der Waals surface area contributed by atoms with Crippen molar-refractivity contribution in [1.29, 1.82) is 0 Å². The minimum atomic E-state index is -0.370. The van der Waals surface area contributed by atoms with E-state index in [0.717, 1.165) is 16.8 Å². The Balaban J connectivity index is 1.44. The van der Waals surface area contributed by atoms with Crippen LogP contribution in [0.2, 0.25) is 0 Å². The molecule has 0 saturated heterocycles. The van der Waals surface area contributed by atoms with Crippen LogP contribution in [0.1, 0.15) is 41.6 Å². The lowest BCUT2D eigenvalue weighted by atomic mass is 10.0. The van der Waals surface area contributed by atoms with Gasteiger partial charge in [-0.2, -0.15) is 0 Å². The maximum atomic E-state index is 13.0. The van der Waals surface area contributed by atoms with Gasteiger partial charge in [0.2, 0.25) is 5.91 Å². The average Bonchev–Trinajstić information content (AvgIpc) is 3.53. The number of anilines is 1. The van der Waals surface area contributed by atoms with Gasteiger partial charge in [0, 0.05) is 23.1 Å². The topological polar surface area (TPSA) is 102 Å². The summed E-state index contributed by atoms with van der Waals surface area (Å²) in [4.78, 5) is 30.2. The highest BCUT2D eigenvalue weighted by atomic mass is 32.2. The van der Waals surface area contributed by atoms with Crippen molar-refractivity contribution in [3.8, 4) is 11.3 Å². The summed E-state index contributed by atoms with van der Waals surface area (Å²) in [6, 6.07) is 16.9. The Bertz CT molecular complexity index is 1410. The van der Waals surface area contributed by atoms with Crippen LogP contribution in [-0.2, 0) is 11.3 Å². The summed E-state index contributed by atoms with van der Waals surface area (Å²) in [7, 11) is 0. The lowest BCUT2D eigenvalue weighted by Crippen LogP contribution is -2.34.